The van der Waals surface area contributed by atoms with Crippen molar-refractivity contribution in [2.24, 2.45) is 0 Å². The van der Waals surface area contributed by atoms with Gasteiger partial charge in [-0.15, -0.1) is 0 Å². The Balaban J connectivity index is 1.21. The number of hydrogen-bond donors (Lipinski definition) is 2. The molecule has 0 unspecified atom stereocenters. The third-order valence-corrected chi connectivity index (χ3v) is 9.54. The van der Waals surface area contributed by atoms with E-state index in [0.29, 0.717) is 0 Å². The van der Waals surface area contributed by atoms with Crippen LogP contribution in [0.5, 0.6) is 0 Å². The lowest BCUT2D eigenvalue weighted by Crippen LogP contribution is -2.44. The van der Waals surface area contributed by atoms with Gasteiger partial charge in [0.2, 0.25) is 10.0 Å². The van der Waals surface area contributed by atoms with E-state index in [9.17, 15) is 13.5 Å². The van der Waals surface area contributed by atoms with Gasteiger partial charge >= 0.3 is 0 Å². The minimum atomic E-state index is -3.61. The molecule has 2 fully saturated rings. The molecule has 2 aliphatic heterocycles. The number of nitrogens with one attached hydrogen (secondary N) is 1. The quantitative estimate of drug-likeness (QED) is 0.253. The van der Waals surface area contributed by atoms with Crippen molar-refractivity contribution < 1.29 is 27.7 Å². The van der Waals surface area contributed by atoms with Gasteiger partial charge in [-0.05, 0) is 52.1 Å². The Bertz CT molecular complexity index is 1620. The van der Waals surface area contributed by atoms with Crippen LogP contribution in [-0.4, -0.2) is 57.4 Å². The van der Waals surface area contributed by atoms with Gasteiger partial charge in [0.1, 0.15) is 0 Å². The molecule has 2 N–H and O–H groups in total. The van der Waals surface area contributed by atoms with Crippen molar-refractivity contribution in [2.75, 3.05) is 32.8 Å². The molecule has 44 heavy (non-hydrogen) atoms. The number of aliphatic hydroxyl groups excluding tert-OH is 1. The van der Waals surface area contributed by atoms with Crippen molar-refractivity contribution in [1.82, 2.24) is 9.62 Å². The summed E-state index contributed by atoms with van der Waals surface area (Å²) in [5.74, 6) is 0. The summed E-state index contributed by atoms with van der Waals surface area (Å²) in [7, 11) is -3.61. The number of hydrogen-bond acceptors (Lipinski definition) is 7. The fraction of sp³-hybridized carbons (Fsp3) is 0.314. The van der Waals surface area contributed by atoms with E-state index in [1.54, 1.807) is 30.3 Å². The van der Waals surface area contributed by atoms with Gasteiger partial charge in [0.05, 0.1) is 36.9 Å². The summed E-state index contributed by atoms with van der Waals surface area (Å²) >= 11 is 0. The molecule has 8 nitrogen and oxygen atoms in total. The van der Waals surface area contributed by atoms with Gasteiger partial charge in [0.25, 0.3) is 0 Å². The highest BCUT2D eigenvalue weighted by atomic mass is 32.2. The summed E-state index contributed by atoms with van der Waals surface area (Å²) in [6.07, 6.45) is -0.0123. The van der Waals surface area contributed by atoms with Gasteiger partial charge in [-0.2, -0.15) is 0 Å². The fourth-order valence-corrected chi connectivity index (χ4v) is 6.73. The molecule has 0 aromatic heterocycles. The number of nitrogens with zero attached hydrogens (tertiary/aromatic N) is 1. The lowest BCUT2D eigenvalue weighted by Gasteiger charge is -2.39. The monoisotopic (exact) mass is 614 g/mol. The summed E-state index contributed by atoms with van der Waals surface area (Å²) in [5, 5.41) is 9.51. The Labute approximate surface area is 259 Å². The van der Waals surface area contributed by atoms with E-state index in [2.05, 4.69) is 15.7 Å². The van der Waals surface area contributed by atoms with Gasteiger partial charge in [0.15, 0.2) is 6.29 Å². The number of sulfonamides is 1. The van der Waals surface area contributed by atoms with Crippen LogP contribution in [0.4, 0.5) is 0 Å². The summed E-state index contributed by atoms with van der Waals surface area (Å²) in [4.78, 5) is 2.63. The molecule has 0 saturated carbocycles. The van der Waals surface area contributed by atoms with Crippen molar-refractivity contribution in [3.8, 4) is 11.1 Å². The molecular weight excluding hydrogens is 576 g/mol. The highest BCUT2D eigenvalue weighted by molar-refractivity contribution is 7.89. The first kappa shape index (κ1) is 30.6. The van der Waals surface area contributed by atoms with E-state index >= 15 is 0 Å². The average Bonchev–Trinajstić information content (AvgIpc) is 3.08. The molecule has 230 valence electrons. The van der Waals surface area contributed by atoms with Crippen LogP contribution in [-0.2, 0) is 37.4 Å². The number of rotatable bonds is 10. The first-order valence-corrected chi connectivity index (χ1v) is 16.5. The Hall–Kier alpha value is -3.41. The molecule has 3 atom stereocenters. The van der Waals surface area contributed by atoms with Crippen molar-refractivity contribution >= 4 is 10.0 Å². The maximum absolute atomic E-state index is 12.7. The molecule has 0 aliphatic carbocycles. The predicted octanol–water partition coefficient (Wildman–Crippen LogP) is 5.20. The second-order valence-electron chi connectivity index (χ2n) is 11.2. The summed E-state index contributed by atoms with van der Waals surface area (Å²) < 4.78 is 46.9. The van der Waals surface area contributed by atoms with Crippen LogP contribution in [0.1, 0.15) is 41.1 Å². The molecule has 4 aromatic carbocycles. The van der Waals surface area contributed by atoms with E-state index in [4.69, 9.17) is 14.2 Å². The van der Waals surface area contributed by atoms with Gasteiger partial charge in [-0.3, -0.25) is 4.90 Å². The molecule has 9 heteroatoms. The molecule has 6 rings (SSSR count). The first-order valence-electron chi connectivity index (χ1n) is 15.0. The van der Waals surface area contributed by atoms with E-state index < -0.39 is 16.3 Å². The molecule has 0 spiro atoms. The minimum Gasteiger partial charge on any atom is -0.392 e. The third-order valence-electron chi connectivity index (χ3n) is 8.12. The van der Waals surface area contributed by atoms with Gasteiger partial charge in [0, 0.05) is 38.2 Å². The average molecular weight is 615 g/mol. The third kappa shape index (κ3) is 7.62. The first-order chi connectivity index (χ1) is 21.5. The summed E-state index contributed by atoms with van der Waals surface area (Å²) in [6.45, 7) is 4.21. The van der Waals surface area contributed by atoms with Crippen molar-refractivity contribution in [3.05, 3.63) is 125 Å². The molecule has 2 saturated heterocycles. The van der Waals surface area contributed by atoms with Crippen LogP contribution in [0.2, 0.25) is 0 Å². The Kier molecular flexibility index (Phi) is 9.83. The van der Waals surface area contributed by atoms with Crippen molar-refractivity contribution in [2.45, 2.75) is 43.0 Å². The maximum Gasteiger partial charge on any atom is 0.240 e. The van der Waals surface area contributed by atoms with Crippen LogP contribution in [0.25, 0.3) is 11.1 Å². The normalized spacial score (nSPS) is 21.2. The van der Waals surface area contributed by atoms with E-state index in [1.807, 2.05) is 66.7 Å². The van der Waals surface area contributed by atoms with E-state index in [0.717, 1.165) is 72.6 Å². The number of benzene rings is 4. The fourth-order valence-electron chi connectivity index (χ4n) is 5.69. The van der Waals surface area contributed by atoms with E-state index in [1.165, 1.54) is 0 Å². The van der Waals surface area contributed by atoms with E-state index in [-0.39, 0.29) is 30.3 Å². The minimum absolute atomic E-state index is 0.00406. The summed E-state index contributed by atoms with van der Waals surface area (Å²) in [5.41, 5.74) is 5.66. The molecule has 4 aromatic rings. The largest absolute Gasteiger partial charge is 0.392 e. The molecule has 0 radical (unpaired) electrons. The molecular formula is C35H38N2O6S. The Morgan fingerprint density at radius 1 is 0.773 bits per heavy atom. The van der Waals surface area contributed by atoms with Gasteiger partial charge in [-0.25, -0.2) is 13.1 Å². The molecule has 2 heterocycles. The number of morpholine rings is 1. The van der Waals surface area contributed by atoms with Crippen molar-refractivity contribution in [1.29, 1.82) is 0 Å². The Morgan fingerprint density at radius 3 is 2.25 bits per heavy atom. The second-order valence-corrected chi connectivity index (χ2v) is 13.0. The second kappa shape index (κ2) is 14.1. The van der Waals surface area contributed by atoms with Gasteiger partial charge < -0.3 is 19.3 Å². The SMILES string of the molecule is O=S(=O)(NCc1cccc(-c2cccc([C@@H]3O[C@H](CN4CCOCC4)C[C@H](c4ccc(CO)cc4)O3)c2)c1)c1ccccc1. The van der Waals surface area contributed by atoms with Crippen LogP contribution in [0, 0.1) is 0 Å². The standard InChI is InChI=1S/C35H38N2O6S/c38-25-26-12-14-28(15-13-26)34-22-32(24-37-16-18-41-19-17-37)42-35(43-34)31-9-5-8-30(21-31)29-7-4-6-27(20-29)23-36-44(39,40)33-10-2-1-3-11-33/h1-15,20-21,32,34-36,38H,16-19,22-25H2/t32-,34+,35+/m0/s1. The van der Waals surface area contributed by atoms with Crippen LogP contribution in [0.15, 0.2) is 108 Å². The predicted molar refractivity (Wildman–Crippen MR) is 168 cm³/mol. The lowest BCUT2D eigenvalue weighted by molar-refractivity contribution is -0.253. The van der Waals surface area contributed by atoms with Gasteiger partial charge in [-0.1, -0.05) is 78.9 Å². The molecule has 2 aliphatic rings. The molecule has 0 bridgehead atoms. The summed E-state index contributed by atoms with van der Waals surface area (Å²) in [6, 6.07) is 32.3. The zero-order chi connectivity index (χ0) is 30.4. The highest BCUT2D eigenvalue weighted by Gasteiger charge is 2.33. The topological polar surface area (TPSA) is 97.3 Å². The maximum atomic E-state index is 12.7. The lowest BCUT2D eigenvalue weighted by atomic mass is 9.98. The smallest absolute Gasteiger partial charge is 0.240 e. The Morgan fingerprint density at radius 2 is 1.50 bits per heavy atom. The molecule has 0 amide bonds. The zero-order valence-corrected chi connectivity index (χ0v) is 25.4. The zero-order valence-electron chi connectivity index (χ0n) is 24.5. The van der Waals surface area contributed by atoms with Crippen LogP contribution < -0.4 is 4.72 Å². The number of ether oxygens (including phenoxy) is 3. The number of aliphatic hydroxyl groups is 1. The van der Waals surface area contributed by atoms with Crippen molar-refractivity contribution in [3.63, 3.8) is 0 Å². The van der Waals surface area contributed by atoms with Crippen LogP contribution in [0.3, 0.4) is 0 Å². The highest BCUT2D eigenvalue weighted by Crippen LogP contribution is 2.39. The van der Waals surface area contributed by atoms with Crippen LogP contribution >= 0.6 is 0 Å².